The first-order valence-corrected chi connectivity index (χ1v) is 6.18. The second kappa shape index (κ2) is 5.49. The summed E-state index contributed by atoms with van der Waals surface area (Å²) in [6.45, 7) is 1.06. The topological polar surface area (TPSA) is 55.8 Å². The summed E-state index contributed by atoms with van der Waals surface area (Å²) < 4.78 is 10.4. The third-order valence-electron chi connectivity index (χ3n) is 2.65. The molecule has 0 N–H and O–H groups in total. The summed E-state index contributed by atoms with van der Waals surface area (Å²) in [4.78, 5) is 24.9. The fourth-order valence-corrected chi connectivity index (χ4v) is 2.15. The van der Waals surface area contributed by atoms with Gasteiger partial charge in [-0.3, -0.25) is 4.79 Å². The highest BCUT2D eigenvalue weighted by Crippen LogP contribution is 2.25. The number of morpholine rings is 1. The number of nitrogens with zero attached hydrogens (tertiary/aromatic N) is 1. The third-order valence-corrected chi connectivity index (χ3v) is 3.34. The van der Waals surface area contributed by atoms with Gasteiger partial charge in [0.1, 0.15) is 6.61 Å². The van der Waals surface area contributed by atoms with Crippen LogP contribution in [0.3, 0.4) is 0 Å². The summed E-state index contributed by atoms with van der Waals surface area (Å²) in [6.07, 6.45) is 0. The summed E-state index contributed by atoms with van der Waals surface area (Å²) in [5.74, 6) is -0.552. The molecule has 0 unspecified atom stereocenters. The van der Waals surface area contributed by atoms with Gasteiger partial charge in [0.25, 0.3) is 5.91 Å². The van der Waals surface area contributed by atoms with Gasteiger partial charge in [0, 0.05) is 16.7 Å². The van der Waals surface area contributed by atoms with E-state index in [2.05, 4.69) is 20.7 Å². The molecule has 1 fully saturated rings. The van der Waals surface area contributed by atoms with Crippen molar-refractivity contribution in [1.82, 2.24) is 0 Å². The number of halogens is 1. The maximum absolute atomic E-state index is 11.7. The molecule has 1 aliphatic rings. The Morgan fingerprint density at radius 1 is 1.50 bits per heavy atom. The van der Waals surface area contributed by atoms with Crippen LogP contribution >= 0.6 is 15.9 Å². The number of esters is 1. The van der Waals surface area contributed by atoms with Gasteiger partial charge in [-0.1, -0.05) is 0 Å². The minimum Gasteiger partial charge on any atom is -0.465 e. The normalized spacial score (nSPS) is 15.7. The Balaban J connectivity index is 2.34. The van der Waals surface area contributed by atoms with Crippen molar-refractivity contribution in [2.75, 3.05) is 31.8 Å². The predicted molar refractivity (Wildman–Crippen MR) is 68.7 cm³/mol. The van der Waals surface area contributed by atoms with Crippen molar-refractivity contribution in [3.8, 4) is 0 Å². The Bertz CT molecular complexity index is 489. The van der Waals surface area contributed by atoms with Gasteiger partial charge in [-0.15, -0.1) is 0 Å². The molecule has 1 aromatic rings. The van der Waals surface area contributed by atoms with E-state index in [4.69, 9.17) is 4.74 Å². The number of carbonyl (C=O) groups excluding carboxylic acids is 2. The van der Waals surface area contributed by atoms with Crippen molar-refractivity contribution in [3.05, 3.63) is 28.2 Å². The fraction of sp³-hybridized carbons (Fsp3) is 0.333. The molecule has 1 heterocycles. The van der Waals surface area contributed by atoms with Crippen molar-refractivity contribution in [2.24, 2.45) is 0 Å². The Hall–Kier alpha value is -1.40. The lowest BCUT2D eigenvalue weighted by Gasteiger charge is -2.27. The number of benzene rings is 1. The van der Waals surface area contributed by atoms with E-state index in [-0.39, 0.29) is 12.5 Å². The van der Waals surface area contributed by atoms with Gasteiger partial charge < -0.3 is 14.4 Å². The lowest BCUT2D eigenvalue weighted by Crippen LogP contribution is -2.41. The molecule has 0 atom stereocenters. The lowest BCUT2D eigenvalue weighted by molar-refractivity contribution is -0.125. The largest absolute Gasteiger partial charge is 0.465 e. The van der Waals surface area contributed by atoms with Crippen molar-refractivity contribution < 1.29 is 19.1 Å². The molecule has 1 aliphatic heterocycles. The zero-order valence-corrected chi connectivity index (χ0v) is 11.4. The van der Waals surface area contributed by atoms with Crippen molar-refractivity contribution in [2.45, 2.75) is 0 Å². The minimum absolute atomic E-state index is 0.0730. The van der Waals surface area contributed by atoms with Crippen LogP contribution in [0.2, 0.25) is 0 Å². The SMILES string of the molecule is COC(=O)c1cc(N2CCOCC2=O)ccc1Br. The molecule has 2 rings (SSSR count). The van der Waals surface area contributed by atoms with Gasteiger partial charge in [-0.2, -0.15) is 0 Å². The molecule has 96 valence electrons. The average molecular weight is 314 g/mol. The first-order valence-electron chi connectivity index (χ1n) is 5.39. The molecule has 1 amide bonds. The van der Waals surface area contributed by atoms with E-state index in [0.29, 0.717) is 28.9 Å². The van der Waals surface area contributed by atoms with Crippen LogP contribution in [0.15, 0.2) is 22.7 Å². The van der Waals surface area contributed by atoms with E-state index < -0.39 is 5.97 Å². The zero-order chi connectivity index (χ0) is 13.1. The highest BCUT2D eigenvalue weighted by atomic mass is 79.9. The number of hydrogen-bond donors (Lipinski definition) is 0. The van der Waals surface area contributed by atoms with E-state index in [1.54, 1.807) is 23.1 Å². The van der Waals surface area contributed by atoms with E-state index >= 15 is 0 Å². The van der Waals surface area contributed by atoms with Crippen LogP contribution in [0, 0.1) is 0 Å². The number of methoxy groups -OCH3 is 1. The second-order valence-electron chi connectivity index (χ2n) is 3.75. The standard InChI is InChI=1S/C12H12BrNO4/c1-17-12(16)9-6-8(2-3-10(9)13)14-4-5-18-7-11(14)15/h2-3,6H,4-5,7H2,1H3. The Kier molecular flexibility index (Phi) is 3.98. The van der Waals surface area contributed by atoms with Crippen LogP contribution in [-0.2, 0) is 14.3 Å². The van der Waals surface area contributed by atoms with Crippen LogP contribution in [0.25, 0.3) is 0 Å². The maximum atomic E-state index is 11.7. The van der Waals surface area contributed by atoms with Crippen molar-refractivity contribution >= 4 is 33.5 Å². The lowest BCUT2D eigenvalue weighted by atomic mass is 10.2. The monoisotopic (exact) mass is 313 g/mol. The number of amides is 1. The van der Waals surface area contributed by atoms with Gasteiger partial charge in [0.05, 0.1) is 19.3 Å². The molecular formula is C12H12BrNO4. The summed E-state index contributed by atoms with van der Waals surface area (Å²) in [5, 5.41) is 0. The average Bonchev–Trinajstić information content (AvgIpc) is 2.39. The quantitative estimate of drug-likeness (QED) is 0.778. The number of hydrogen-bond acceptors (Lipinski definition) is 4. The molecule has 1 saturated heterocycles. The minimum atomic E-state index is -0.440. The molecule has 0 radical (unpaired) electrons. The van der Waals surface area contributed by atoms with Crippen molar-refractivity contribution in [3.63, 3.8) is 0 Å². The van der Waals surface area contributed by atoms with Gasteiger partial charge in [0.2, 0.25) is 0 Å². The highest BCUT2D eigenvalue weighted by molar-refractivity contribution is 9.10. The maximum Gasteiger partial charge on any atom is 0.339 e. The molecule has 0 saturated carbocycles. The van der Waals surface area contributed by atoms with Crippen LogP contribution in [0.4, 0.5) is 5.69 Å². The second-order valence-corrected chi connectivity index (χ2v) is 4.61. The fourth-order valence-electron chi connectivity index (χ4n) is 1.74. The zero-order valence-electron chi connectivity index (χ0n) is 9.81. The van der Waals surface area contributed by atoms with Crippen LogP contribution < -0.4 is 4.90 Å². The summed E-state index contributed by atoms with van der Waals surface area (Å²) in [5.41, 5.74) is 1.07. The highest BCUT2D eigenvalue weighted by Gasteiger charge is 2.22. The molecule has 6 heteroatoms. The van der Waals surface area contributed by atoms with Gasteiger partial charge in [-0.05, 0) is 34.1 Å². The predicted octanol–water partition coefficient (Wildman–Crippen LogP) is 1.60. The molecule has 0 spiro atoms. The molecule has 18 heavy (non-hydrogen) atoms. The van der Waals surface area contributed by atoms with E-state index in [9.17, 15) is 9.59 Å². The Morgan fingerprint density at radius 2 is 2.28 bits per heavy atom. The Labute approximate surface area is 113 Å². The molecule has 1 aromatic carbocycles. The molecular weight excluding hydrogens is 302 g/mol. The third kappa shape index (κ3) is 2.54. The number of anilines is 1. The van der Waals surface area contributed by atoms with Crippen molar-refractivity contribution in [1.29, 1.82) is 0 Å². The number of ether oxygens (including phenoxy) is 2. The molecule has 0 aromatic heterocycles. The van der Waals surface area contributed by atoms with Gasteiger partial charge in [-0.25, -0.2) is 4.79 Å². The van der Waals surface area contributed by atoms with Gasteiger partial charge >= 0.3 is 5.97 Å². The van der Waals surface area contributed by atoms with Crippen LogP contribution in [0.5, 0.6) is 0 Å². The van der Waals surface area contributed by atoms with E-state index in [0.717, 1.165) is 0 Å². The molecule has 0 bridgehead atoms. The smallest absolute Gasteiger partial charge is 0.339 e. The molecule has 5 nitrogen and oxygen atoms in total. The van der Waals surface area contributed by atoms with E-state index in [1.807, 2.05) is 0 Å². The first-order chi connectivity index (χ1) is 8.63. The summed E-state index contributed by atoms with van der Waals surface area (Å²) in [7, 11) is 1.32. The first kappa shape index (κ1) is 13.0. The Morgan fingerprint density at radius 3 is 2.94 bits per heavy atom. The summed E-state index contributed by atoms with van der Waals surface area (Å²) >= 11 is 3.28. The number of rotatable bonds is 2. The van der Waals surface area contributed by atoms with Crippen LogP contribution in [-0.4, -0.2) is 38.7 Å². The number of carbonyl (C=O) groups is 2. The van der Waals surface area contributed by atoms with Gasteiger partial charge in [0.15, 0.2) is 0 Å². The molecule has 0 aliphatic carbocycles. The van der Waals surface area contributed by atoms with Crippen LogP contribution in [0.1, 0.15) is 10.4 Å². The van der Waals surface area contributed by atoms with E-state index in [1.165, 1.54) is 7.11 Å². The summed E-state index contributed by atoms with van der Waals surface area (Å²) in [6, 6.07) is 5.14.